The van der Waals surface area contributed by atoms with Gasteiger partial charge in [0, 0.05) is 37.9 Å². The molecule has 6 heteroatoms. The summed E-state index contributed by atoms with van der Waals surface area (Å²) >= 11 is 6.21. The lowest BCUT2D eigenvalue weighted by Gasteiger charge is -2.39. The Hall–Kier alpha value is -1.49. The Morgan fingerprint density at radius 1 is 1.21 bits per heavy atom. The lowest BCUT2D eigenvalue weighted by Crippen LogP contribution is -2.56. The Bertz CT molecular complexity index is 575. The number of nitrogens with zero attached hydrogens (tertiary/aromatic N) is 3. The van der Waals surface area contributed by atoms with E-state index in [1.165, 1.54) is 0 Å². The molecule has 1 aromatic rings. The largest absolute Gasteiger partial charge is 0.352 e. The first-order valence-electron chi connectivity index (χ1n) is 8.50. The minimum atomic E-state index is -0.225. The zero-order valence-corrected chi connectivity index (χ0v) is 16.2. The predicted molar refractivity (Wildman–Crippen MR) is 99.7 cm³/mol. The molecule has 1 aliphatic heterocycles. The zero-order valence-electron chi connectivity index (χ0n) is 15.4. The number of anilines is 1. The Morgan fingerprint density at radius 3 is 2.38 bits per heavy atom. The number of rotatable bonds is 3. The minimum Gasteiger partial charge on any atom is -0.352 e. The molecule has 134 valence electrons. The summed E-state index contributed by atoms with van der Waals surface area (Å²) in [5.41, 5.74) is -0.0536. The van der Waals surface area contributed by atoms with Crippen LogP contribution in [0.4, 0.5) is 10.6 Å². The van der Waals surface area contributed by atoms with Gasteiger partial charge in [0.05, 0.1) is 5.02 Å². The van der Waals surface area contributed by atoms with Gasteiger partial charge in [0.25, 0.3) is 0 Å². The van der Waals surface area contributed by atoms with Crippen molar-refractivity contribution >= 4 is 23.4 Å². The van der Waals surface area contributed by atoms with Gasteiger partial charge in [-0.25, -0.2) is 9.78 Å². The van der Waals surface area contributed by atoms with Crippen LogP contribution in [-0.4, -0.2) is 47.6 Å². The standard InChI is InChI=1S/C18H29ClN4O/c1-17(2,3)13-18(4,5)21-16(24)23-11-9-22(10-12-23)15-14(19)7-6-8-20-15/h6-8H,9-13H2,1-5H3,(H,21,24). The van der Waals surface area contributed by atoms with Gasteiger partial charge < -0.3 is 15.1 Å². The molecule has 1 aromatic heterocycles. The van der Waals surface area contributed by atoms with Gasteiger partial charge in [-0.2, -0.15) is 0 Å². The SMILES string of the molecule is CC(C)(C)CC(C)(C)NC(=O)N1CCN(c2ncccc2Cl)CC1. The molecule has 0 unspecified atom stereocenters. The van der Waals surface area contributed by atoms with Crippen LogP contribution in [0.1, 0.15) is 41.0 Å². The van der Waals surface area contributed by atoms with Crippen LogP contribution in [0, 0.1) is 5.41 Å². The van der Waals surface area contributed by atoms with E-state index in [2.05, 4.69) is 49.8 Å². The first-order chi connectivity index (χ1) is 11.1. The molecule has 1 N–H and O–H groups in total. The normalized spacial score (nSPS) is 16.2. The molecular weight excluding hydrogens is 324 g/mol. The third-order valence-corrected chi connectivity index (χ3v) is 4.32. The summed E-state index contributed by atoms with van der Waals surface area (Å²) in [7, 11) is 0. The van der Waals surface area contributed by atoms with Gasteiger partial charge in [0.2, 0.25) is 0 Å². The van der Waals surface area contributed by atoms with Gasteiger partial charge in [-0.3, -0.25) is 0 Å². The molecule has 0 radical (unpaired) electrons. The molecule has 0 saturated carbocycles. The Labute approximate surface area is 150 Å². The summed E-state index contributed by atoms with van der Waals surface area (Å²) in [6, 6.07) is 3.68. The van der Waals surface area contributed by atoms with E-state index in [4.69, 9.17) is 11.6 Å². The first-order valence-corrected chi connectivity index (χ1v) is 8.88. The molecule has 0 aromatic carbocycles. The Morgan fingerprint density at radius 2 is 1.83 bits per heavy atom. The highest BCUT2D eigenvalue weighted by Crippen LogP contribution is 2.27. The molecule has 0 bridgehead atoms. The number of piperazine rings is 1. The average Bonchev–Trinajstić information content (AvgIpc) is 2.45. The van der Waals surface area contributed by atoms with Crippen molar-refractivity contribution in [1.82, 2.24) is 15.2 Å². The smallest absolute Gasteiger partial charge is 0.317 e. The van der Waals surface area contributed by atoms with E-state index < -0.39 is 0 Å². The zero-order chi connectivity index (χ0) is 18.0. The van der Waals surface area contributed by atoms with Crippen molar-refractivity contribution in [3.8, 4) is 0 Å². The van der Waals surface area contributed by atoms with Crippen LogP contribution >= 0.6 is 11.6 Å². The van der Waals surface area contributed by atoms with E-state index in [1.807, 2.05) is 17.0 Å². The molecule has 0 spiro atoms. The minimum absolute atomic E-state index is 0.0102. The van der Waals surface area contributed by atoms with Crippen LogP contribution in [0.2, 0.25) is 5.02 Å². The topological polar surface area (TPSA) is 48.5 Å². The van der Waals surface area contributed by atoms with Gasteiger partial charge in [-0.15, -0.1) is 0 Å². The highest BCUT2D eigenvalue weighted by atomic mass is 35.5. The third-order valence-electron chi connectivity index (χ3n) is 4.02. The van der Waals surface area contributed by atoms with Crippen molar-refractivity contribution in [2.24, 2.45) is 5.41 Å². The fourth-order valence-electron chi connectivity index (χ4n) is 3.47. The molecule has 1 saturated heterocycles. The van der Waals surface area contributed by atoms with Crippen LogP contribution < -0.4 is 10.2 Å². The summed E-state index contributed by atoms with van der Waals surface area (Å²) in [5.74, 6) is 0.798. The maximum atomic E-state index is 12.6. The Kier molecular flexibility index (Phi) is 5.63. The van der Waals surface area contributed by atoms with Crippen LogP contribution in [0.3, 0.4) is 0 Å². The number of hydrogen-bond donors (Lipinski definition) is 1. The van der Waals surface area contributed by atoms with E-state index in [9.17, 15) is 4.79 Å². The maximum Gasteiger partial charge on any atom is 0.317 e. The van der Waals surface area contributed by atoms with Crippen LogP contribution in [0.5, 0.6) is 0 Å². The highest BCUT2D eigenvalue weighted by Gasteiger charge is 2.30. The van der Waals surface area contributed by atoms with Gasteiger partial charge in [0.1, 0.15) is 5.82 Å². The number of halogens is 1. The fraction of sp³-hybridized carbons (Fsp3) is 0.667. The fourth-order valence-corrected chi connectivity index (χ4v) is 3.71. The summed E-state index contributed by atoms with van der Waals surface area (Å²) in [5, 5.41) is 3.83. The van der Waals surface area contributed by atoms with Gasteiger partial charge >= 0.3 is 6.03 Å². The summed E-state index contributed by atoms with van der Waals surface area (Å²) in [6.45, 7) is 13.6. The van der Waals surface area contributed by atoms with E-state index >= 15 is 0 Å². The van der Waals surface area contributed by atoms with E-state index in [0.29, 0.717) is 18.1 Å². The Balaban J connectivity index is 1.90. The van der Waals surface area contributed by atoms with E-state index in [0.717, 1.165) is 25.3 Å². The molecule has 2 rings (SSSR count). The number of amides is 2. The summed E-state index contributed by atoms with van der Waals surface area (Å²) < 4.78 is 0. The number of urea groups is 1. The summed E-state index contributed by atoms with van der Waals surface area (Å²) in [6.07, 6.45) is 2.67. The van der Waals surface area contributed by atoms with Gasteiger partial charge in [-0.1, -0.05) is 32.4 Å². The maximum absolute atomic E-state index is 12.6. The van der Waals surface area contributed by atoms with Crippen molar-refractivity contribution in [2.45, 2.75) is 46.6 Å². The first kappa shape index (κ1) is 18.8. The van der Waals surface area contributed by atoms with Crippen molar-refractivity contribution in [1.29, 1.82) is 0 Å². The summed E-state index contributed by atoms with van der Waals surface area (Å²) in [4.78, 5) is 20.9. The molecule has 24 heavy (non-hydrogen) atoms. The van der Waals surface area contributed by atoms with Crippen LogP contribution in [0.15, 0.2) is 18.3 Å². The molecule has 0 aliphatic carbocycles. The molecule has 5 nitrogen and oxygen atoms in total. The monoisotopic (exact) mass is 352 g/mol. The number of hydrogen-bond acceptors (Lipinski definition) is 3. The van der Waals surface area contributed by atoms with Crippen molar-refractivity contribution in [3.63, 3.8) is 0 Å². The molecule has 1 fully saturated rings. The second kappa shape index (κ2) is 7.18. The lowest BCUT2D eigenvalue weighted by molar-refractivity contribution is 0.172. The average molecular weight is 353 g/mol. The molecule has 2 amide bonds. The number of carbonyl (C=O) groups is 1. The van der Waals surface area contributed by atoms with Crippen LogP contribution in [-0.2, 0) is 0 Å². The van der Waals surface area contributed by atoms with Gasteiger partial charge in [0.15, 0.2) is 0 Å². The van der Waals surface area contributed by atoms with E-state index in [-0.39, 0.29) is 17.0 Å². The van der Waals surface area contributed by atoms with Crippen LogP contribution in [0.25, 0.3) is 0 Å². The number of carbonyl (C=O) groups excluding carboxylic acids is 1. The van der Waals surface area contributed by atoms with E-state index in [1.54, 1.807) is 6.20 Å². The second-order valence-electron chi connectivity index (χ2n) is 8.33. The second-order valence-corrected chi connectivity index (χ2v) is 8.74. The van der Waals surface area contributed by atoms with Crippen molar-refractivity contribution < 1.29 is 4.79 Å². The molecular formula is C18H29ClN4O. The number of pyridine rings is 1. The quantitative estimate of drug-likeness (QED) is 0.900. The highest BCUT2D eigenvalue weighted by molar-refractivity contribution is 6.32. The third kappa shape index (κ3) is 5.26. The lowest BCUT2D eigenvalue weighted by atomic mass is 9.82. The molecule has 1 aliphatic rings. The van der Waals surface area contributed by atoms with Gasteiger partial charge in [-0.05, 0) is 37.8 Å². The number of aromatic nitrogens is 1. The predicted octanol–water partition coefficient (Wildman–Crippen LogP) is 3.78. The molecule has 0 atom stereocenters. The molecule has 2 heterocycles. The van der Waals surface area contributed by atoms with Crippen molar-refractivity contribution in [3.05, 3.63) is 23.4 Å². The number of nitrogens with one attached hydrogen (secondary N) is 1. The van der Waals surface area contributed by atoms with Crippen molar-refractivity contribution in [2.75, 3.05) is 31.1 Å².